The SMILES string of the molecule is O=C(NC1CCN(CC2CCCN3CCCCC23)CC1)c1cc2c(OCc3coc4ccc(Cl)cc34)cccc2[nH]1. The van der Waals surface area contributed by atoms with Gasteiger partial charge in [-0.15, -0.1) is 0 Å². The summed E-state index contributed by atoms with van der Waals surface area (Å²) in [6.45, 7) is 6.28. The molecule has 1 amide bonds. The number of ether oxygens (including phenoxy) is 1. The minimum Gasteiger partial charge on any atom is -0.488 e. The van der Waals surface area contributed by atoms with Crippen molar-refractivity contribution < 1.29 is 13.9 Å². The number of fused-ring (bicyclic) bond motifs is 3. The minimum absolute atomic E-state index is 0.0498. The Bertz CT molecular complexity index is 1520. The van der Waals surface area contributed by atoms with E-state index in [9.17, 15) is 4.79 Å². The van der Waals surface area contributed by atoms with Gasteiger partial charge >= 0.3 is 0 Å². The van der Waals surface area contributed by atoms with Crippen molar-refractivity contribution in [3.8, 4) is 5.75 Å². The number of rotatable bonds is 7. The lowest BCUT2D eigenvalue weighted by Gasteiger charge is -2.46. The van der Waals surface area contributed by atoms with E-state index in [0.29, 0.717) is 17.3 Å². The van der Waals surface area contributed by atoms with Crippen LogP contribution in [0, 0.1) is 5.92 Å². The number of halogens is 1. The second-order valence-corrected chi connectivity index (χ2v) is 12.6. The Labute approximate surface area is 246 Å². The summed E-state index contributed by atoms with van der Waals surface area (Å²) in [5, 5.41) is 5.79. The van der Waals surface area contributed by atoms with Crippen LogP contribution in [-0.2, 0) is 6.61 Å². The van der Waals surface area contributed by atoms with Gasteiger partial charge in [-0.05, 0) is 93.9 Å². The van der Waals surface area contributed by atoms with Gasteiger partial charge in [0.05, 0.1) is 6.26 Å². The van der Waals surface area contributed by atoms with Crippen LogP contribution in [0.5, 0.6) is 5.75 Å². The third-order valence-corrected chi connectivity index (χ3v) is 9.75. The van der Waals surface area contributed by atoms with E-state index in [1.54, 1.807) is 6.26 Å². The number of carbonyl (C=O) groups is 1. The Morgan fingerprint density at radius 1 is 1.00 bits per heavy atom. The average molecular weight is 575 g/mol. The number of hydrogen-bond donors (Lipinski definition) is 2. The van der Waals surface area contributed by atoms with Crippen molar-refractivity contribution in [3.63, 3.8) is 0 Å². The molecule has 5 heterocycles. The van der Waals surface area contributed by atoms with Crippen molar-refractivity contribution in [3.05, 3.63) is 65.0 Å². The van der Waals surface area contributed by atoms with Crippen LogP contribution < -0.4 is 10.1 Å². The highest BCUT2D eigenvalue weighted by Gasteiger charge is 2.34. The van der Waals surface area contributed by atoms with Crippen LogP contribution in [0.4, 0.5) is 0 Å². The second kappa shape index (κ2) is 11.7. The van der Waals surface area contributed by atoms with Crippen molar-refractivity contribution in [1.29, 1.82) is 0 Å². The first-order valence-electron chi connectivity index (χ1n) is 15.3. The van der Waals surface area contributed by atoms with E-state index in [1.165, 1.54) is 51.7 Å². The molecule has 4 aromatic rings. The van der Waals surface area contributed by atoms with Gasteiger partial charge in [0.2, 0.25) is 0 Å². The molecular weight excluding hydrogens is 536 g/mol. The molecule has 3 fully saturated rings. The van der Waals surface area contributed by atoms with E-state index in [1.807, 2.05) is 42.5 Å². The molecule has 216 valence electrons. The standard InChI is InChI=1S/C33H39ClN4O3/c34-24-9-10-32-26(17-24)23(21-41-32)20-40-31-8-3-6-28-27(31)18-29(36-28)33(39)35-25-11-15-37(16-12-25)19-22-5-4-14-38-13-2-1-7-30(22)38/h3,6,8-10,17-18,21-22,25,30,36H,1-2,4-5,7,11-16,19-20H2,(H,35,39). The number of piperidine rings is 3. The molecule has 41 heavy (non-hydrogen) atoms. The average Bonchev–Trinajstić information content (AvgIpc) is 3.62. The summed E-state index contributed by atoms with van der Waals surface area (Å²) in [7, 11) is 0. The number of furan rings is 1. The predicted octanol–water partition coefficient (Wildman–Crippen LogP) is 6.61. The lowest BCUT2D eigenvalue weighted by atomic mass is 9.83. The number of aromatic nitrogens is 1. The molecule has 0 spiro atoms. The molecule has 0 bridgehead atoms. The summed E-state index contributed by atoms with van der Waals surface area (Å²) in [5.74, 6) is 1.48. The van der Waals surface area contributed by atoms with Gasteiger partial charge in [0.1, 0.15) is 23.6 Å². The van der Waals surface area contributed by atoms with Crippen LogP contribution in [0.15, 0.2) is 53.1 Å². The molecule has 0 aliphatic carbocycles. The Balaban J connectivity index is 0.951. The maximum Gasteiger partial charge on any atom is 0.267 e. The molecule has 3 aliphatic rings. The Kier molecular flexibility index (Phi) is 7.67. The molecule has 0 radical (unpaired) electrons. The maximum absolute atomic E-state index is 13.2. The number of nitrogens with one attached hydrogen (secondary N) is 2. The van der Waals surface area contributed by atoms with E-state index in [-0.39, 0.29) is 11.9 Å². The zero-order valence-electron chi connectivity index (χ0n) is 23.5. The first kappa shape index (κ1) is 26.9. The Hall–Kier alpha value is -3.00. The van der Waals surface area contributed by atoms with Gasteiger partial charge < -0.3 is 29.3 Å². The van der Waals surface area contributed by atoms with Gasteiger partial charge in [-0.25, -0.2) is 0 Å². The first-order valence-corrected chi connectivity index (χ1v) is 15.7. The highest BCUT2D eigenvalue weighted by molar-refractivity contribution is 6.31. The van der Waals surface area contributed by atoms with Gasteiger partial charge in [-0.3, -0.25) is 4.79 Å². The van der Waals surface area contributed by atoms with Gasteiger partial charge in [0.15, 0.2) is 0 Å². The third kappa shape index (κ3) is 5.72. The fourth-order valence-electron chi connectivity index (χ4n) is 7.34. The van der Waals surface area contributed by atoms with Gasteiger partial charge in [-0.1, -0.05) is 24.1 Å². The molecular formula is C33H39ClN4O3. The normalized spacial score (nSPS) is 22.7. The smallest absolute Gasteiger partial charge is 0.267 e. The minimum atomic E-state index is -0.0498. The number of nitrogens with zero attached hydrogens (tertiary/aromatic N) is 2. The lowest BCUT2D eigenvalue weighted by molar-refractivity contribution is 0.0351. The number of likely N-dealkylation sites (tertiary alicyclic amines) is 1. The maximum atomic E-state index is 13.2. The number of aromatic amines is 1. The van der Waals surface area contributed by atoms with Gasteiger partial charge in [0, 0.05) is 58.6 Å². The molecule has 2 N–H and O–H groups in total. The summed E-state index contributed by atoms with van der Waals surface area (Å²) in [5.41, 5.74) is 3.16. The van der Waals surface area contributed by atoms with Crippen LogP contribution in [0.3, 0.4) is 0 Å². The summed E-state index contributed by atoms with van der Waals surface area (Å²) in [4.78, 5) is 22.0. The van der Waals surface area contributed by atoms with Crippen LogP contribution in [-0.4, -0.2) is 65.5 Å². The molecule has 0 saturated carbocycles. The largest absolute Gasteiger partial charge is 0.488 e. The van der Waals surface area contributed by atoms with E-state index in [2.05, 4.69) is 20.1 Å². The van der Waals surface area contributed by atoms with Crippen molar-refractivity contribution in [2.75, 3.05) is 32.7 Å². The molecule has 7 rings (SSSR count). The fourth-order valence-corrected chi connectivity index (χ4v) is 7.51. The van der Waals surface area contributed by atoms with E-state index in [4.69, 9.17) is 20.8 Å². The number of hydrogen-bond acceptors (Lipinski definition) is 5. The van der Waals surface area contributed by atoms with Crippen LogP contribution in [0.25, 0.3) is 21.9 Å². The zero-order valence-corrected chi connectivity index (χ0v) is 24.3. The second-order valence-electron chi connectivity index (χ2n) is 12.1. The molecule has 2 atom stereocenters. The van der Waals surface area contributed by atoms with E-state index in [0.717, 1.165) is 71.1 Å². The highest BCUT2D eigenvalue weighted by atomic mass is 35.5. The number of H-pyrrole nitrogens is 1. The quantitative estimate of drug-likeness (QED) is 0.260. The predicted molar refractivity (Wildman–Crippen MR) is 163 cm³/mol. The van der Waals surface area contributed by atoms with Crippen molar-refractivity contribution in [1.82, 2.24) is 20.1 Å². The summed E-state index contributed by atoms with van der Waals surface area (Å²) in [6.07, 6.45) is 10.6. The first-order chi connectivity index (χ1) is 20.1. The molecule has 8 heteroatoms. The number of benzene rings is 2. The summed E-state index contributed by atoms with van der Waals surface area (Å²) in [6, 6.07) is 14.3. The molecule has 2 aromatic carbocycles. The monoisotopic (exact) mass is 574 g/mol. The summed E-state index contributed by atoms with van der Waals surface area (Å²) < 4.78 is 11.8. The molecule has 2 aromatic heterocycles. The van der Waals surface area contributed by atoms with Crippen LogP contribution in [0.2, 0.25) is 5.02 Å². The van der Waals surface area contributed by atoms with Gasteiger partial charge in [-0.2, -0.15) is 0 Å². The van der Waals surface area contributed by atoms with Gasteiger partial charge in [0.25, 0.3) is 5.91 Å². The van der Waals surface area contributed by atoms with E-state index >= 15 is 0 Å². The lowest BCUT2D eigenvalue weighted by Crippen LogP contribution is -2.52. The van der Waals surface area contributed by atoms with Crippen molar-refractivity contribution in [2.45, 2.75) is 63.6 Å². The zero-order chi connectivity index (χ0) is 27.8. The Morgan fingerprint density at radius 2 is 1.88 bits per heavy atom. The number of carbonyl (C=O) groups excluding carboxylic acids is 1. The van der Waals surface area contributed by atoms with Crippen LogP contribution in [0.1, 0.15) is 61.0 Å². The van der Waals surface area contributed by atoms with Crippen molar-refractivity contribution >= 4 is 39.4 Å². The topological polar surface area (TPSA) is 73.7 Å². The molecule has 3 saturated heterocycles. The van der Waals surface area contributed by atoms with Crippen LogP contribution >= 0.6 is 11.6 Å². The van der Waals surface area contributed by atoms with E-state index < -0.39 is 0 Å². The molecule has 2 unspecified atom stereocenters. The highest BCUT2D eigenvalue weighted by Crippen LogP contribution is 2.33. The fraction of sp³-hybridized carbons (Fsp3) is 0.485. The van der Waals surface area contributed by atoms with Crippen molar-refractivity contribution in [2.24, 2.45) is 5.92 Å². The molecule has 3 aliphatic heterocycles. The molecule has 7 nitrogen and oxygen atoms in total. The number of amides is 1. The summed E-state index contributed by atoms with van der Waals surface area (Å²) >= 11 is 6.19. The third-order valence-electron chi connectivity index (χ3n) is 9.51. The Morgan fingerprint density at radius 3 is 2.78 bits per heavy atom.